The molecule has 3 aromatic rings. The van der Waals surface area contributed by atoms with E-state index in [-0.39, 0.29) is 28.1 Å². The maximum Gasteiger partial charge on any atom is 0.270 e. The Kier molecular flexibility index (Phi) is 5.13. The summed E-state index contributed by atoms with van der Waals surface area (Å²) >= 11 is 5.98. The summed E-state index contributed by atoms with van der Waals surface area (Å²) in [4.78, 5) is 42.3. The van der Waals surface area contributed by atoms with E-state index in [9.17, 15) is 24.1 Å². The molecule has 1 aliphatic rings. The summed E-state index contributed by atoms with van der Waals surface area (Å²) in [5.41, 5.74) is 1.09. The number of fused-ring (bicyclic) bond motifs is 1. The Morgan fingerprint density at radius 3 is 2.23 bits per heavy atom. The molecule has 0 saturated carbocycles. The third-order valence-corrected chi connectivity index (χ3v) is 5.43. The highest BCUT2D eigenvalue weighted by Gasteiger charge is 2.28. The smallest absolute Gasteiger partial charge is 0.270 e. The van der Waals surface area contributed by atoms with Crippen LogP contribution in [0.2, 0.25) is 5.02 Å². The third kappa shape index (κ3) is 3.59. The van der Waals surface area contributed by atoms with Crippen molar-refractivity contribution >= 4 is 40.0 Å². The van der Waals surface area contributed by atoms with Gasteiger partial charge in [-0.1, -0.05) is 11.6 Å². The van der Waals surface area contributed by atoms with Gasteiger partial charge in [0.15, 0.2) is 0 Å². The van der Waals surface area contributed by atoms with Crippen LogP contribution in [0.25, 0.3) is 10.9 Å². The molecule has 4 rings (SSSR count). The second-order valence-corrected chi connectivity index (χ2v) is 7.31. The van der Waals surface area contributed by atoms with E-state index in [0.717, 1.165) is 6.07 Å². The second kappa shape index (κ2) is 7.75. The molecule has 1 aliphatic heterocycles. The molecule has 0 aliphatic carbocycles. The average molecular weight is 431 g/mol. The quantitative estimate of drug-likeness (QED) is 0.508. The minimum absolute atomic E-state index is 0.0406. The summed E-state index contributed by atoms with van der Waals surface area (Å²) < 4.78 is 13.2. The molecule has 2 aromatic carbocycles. The van der Waals surface area contributed by atoms with Crippen LogP contribution in [0.3, 0.4) is 0 Å². The van der Waals surface area contributed by atoms with Gasteiger partial charge in [-0.15, -0.1) is 0 Å². The highest BCUT2D eigenvalue weighted by molar-refractivity contribution is 6.33. The fourth-order valence-electron chi connectivity index (χ4n) is 3.52. The van der Waals surface area contributed by atoms with E-state index in [4.69, 9.17) is 11.6 Å². The first kappa shape index (κ1) is 19.8. The number of benzene rings is 2. The van der Waals surface area contributed by atoms with Gasteiger partial charge in [-0.05, 0) is 24.3 Å². The maximum atomic E-state index is 13.2. The Labute approximate surface area is 175 Å². The predicted octanol–water partition coefficient (Wildman–Crippen LogP) is 3.47. The minimum Gasteiger partial charge on any atom is -0.360 e. The second-order valence-electron chi connectivity index (χ2n) is 6.90. The van der Waals surface area contributed by atoms with Crippen molar-refractivity contribution in [3.63, 3.8) is 0 Å². The Balaban J connectivity index is 1.48. The number of carbonyl (C=O) groups is 2. The minimum atomic E-state index is -0.522. The monoisotopic (exact) mass is 430 g/mol. The number of hydrogen-bond acceptors (Lipinski definition) is 4. The number of amides is 2. The van der Waals surface area contributed by atoms with Crippen LogP contribution < -0.4 is 0 Å². The molecule has 0 bridgehead atoms. The van der Waals surface area contributed by atoms with Gasteiger partial charge in [-0.3, -0.25) is 19.7 Å². The topological polar surface area (TPSA) is 99.6 Å². The Morgan fingerprint density at radius 2 is 1.63 bits per heavy atom. The molecular weight excluding hydrogens is 415 g/mol. The number of aromatic nitrogens is 1. The first-order valence-electron chi connectivity index (χ1n) is 9.14. The number of piperazine rings is 1. The largest absolute Gasteiger partial charge is 0.360 e. The molecule has 8 nitrogen and oxygen atoms in total. The van der Waals surface area contributed by atoms with E-state index < -0.39 is 10.7 Å². The molecule has 1 N–H and O–H groups in total. The standard InChI is InChI=1S/C20H16ClFN4O4/c21-17-9-12(22)1-3-14(17)19(27)24-5-7-25(8-6-24)20(28)16-11-23-18-4-2-13(26(29)30)10-15(16)18/h1-4,9-11,23H,5-8H2. The molecule has 1 aromatic heterocycles. The first-order chi connectivity index (χ1) is 14.3. The van der Waals surface area contributed by atoms with Gasteiger partial charge in [-0.2, -0.15) is 0 Å². The number of aromatic amines is 1. The molecule has 1 fully saturated rings. The fraction of sp³-hybridized carbons (Fsp3) is 0.200. The molecule has 30 heavy (non-hydrogen) atoms. The summed E-state index contributed by atoms with van der Waals surface area (Å²) in [5, 5.41) is 11.6. The van der Waals surface area contributed by atoms with Gasteiger partial charge in [0.2, 0.25) is 0 Å². The van der Waals surface area contributed by atoms with Crippen LogP contribution in [-0.2, 0) is 0 Å². The fourth-order valence-corrected chi connectivity index (χ4v) is 3.76. The lowest BCUT2D eigenvalue weighted by molar-refractivity contribution is -0.384. The van der Waals surface area contributed by atoms with Crippen molar-refractivity contribution in [1.82, 2.24) is 14.8 Å². The van der Waals surface area contributed by atoms with E-state index in [2.05, 4.69) is 4.98 Å². The van der Waals surface area contributed by atoms with E-state index in [1.807, 2.05) is 0 Å². The Hall–Kier alpha value is -3.46. The first-order valence-corrected chi connectivity index (χ1v) is 9.52. The molecule has 2 heterocycles. The summed E-state index contributed by atoms with van der Waals surface area (Å²) in [5.74, 6) is -1.12. The number of nitro groups is 1. The van der Waals surface area contributed by atoms with Crippen molar-refractivity contribution in [3.8, 4) is 0 Å². The lowest BCUT2D eigenvalue weighted by Crippen LogP contribution is -2.50. The van der Waals surface area contributed by atoms with Crippen molar-refractivity contribution < 1.29 is 18.9 Å². The van der Waals surface area contributed by atoms with Gasteiger partial charge in [0.05, 0.1) is 21.1 Å². The highest BCUT2D eigenvalue weighted by atomic mass is 35.5. The van der Waals surface area contributed by atoms with Crippen LogP contribution in [0.1, 0.15) is 20.7 Å². The maximum absolute atomic E-state index is 13.2. The lowest BCUT2D eigenvalue weighted by atomic mass is 10.1. The average Bonchev–Trinajstić information content (AvgIpc) is 3.16. The van der Waals surface area contributed by atoms with Crippen molar-refractivity contribution in [3.05, 3.63) is 74.7 Å². The number of halogens is 2. The third-order valence-electron chi connectivity index (χ3n) is 5.12. The van der Waals surface area contributed by atoms with Gasteiger partial charge < -0.3 is 14.8 Å². The molecule has 0 unspecified atom stereocenters. The predicted molar refractivity (Wildman–Crippen MR) is 108 cm³/mol. The zero-order chi connectivity index (χ0) is 21.4. The lowest BCUT2D eigenvalue weighted by Gasteiger charge is -2.35. The molecular formula is C20H16ClFN4O4. The summed E-state index contributed by atoms with van der Waals surface area (Å²) in [7, 11) is 0. The molecule has 0 radical (unpaired) electrons. The van der Waals surface area contributed by atoms with Crippen molar-refractivity contribution in [2.75, 3.05) is 26.2 Å². The van der Waals surface area contributed by atoms with Crippen LogP contribution in [0, 0.1) is 15.9 Å². The van der Waals surface area contributed by atoms with E-state index in [0.29, 0.717) is 42.6 Å². The molecule has 10 heteroatoms. The zero-order valence-corrected chi connectivity index (χ0v) is 16.4. The SMILES string of the molecule is O=C(c1ccc(F)cc1Cl)N1CCN(C(=O)c2c[nH]c3ccc([N+](=O)[O-])cc23)CC1. The molecule has 0 spiro atoms. The molecule has 0 atom stereocenters. The summed E-state index contributed by atoms with van der Waals surface area (Å²) in [6.45, 7) is 1.18. The van der Waals surface area contributed by atoms with Crippen LogP contribution in [0.15, 0.2) is 42.6 Å². The number of nitrogens with one attached hydrogen (secondary N) is 1. The van der Waals surface area contributed by atoms with Gasteiger partial charge in [0.1, 0.15) is 5.82 Å². The number of rotatable bonds is 3. The Bertz CT molecular complexity index is 1170. The number of carbonyl (C=O) groups excluding carboxylic acids is 2. The van der Waals surface area contributed by atoms with Crippen molar-refractivity contribution in [1.29, 1.82) is 0 Å². The van der Waals surface area contributed by atoms with Gasteiger partial charge >= 0.3 is 0 Å². The van der Waals surface area contributed by atoms with Crippen LogP contribution in [0.4, 0.5) is 10.1 Å². The van der Waals surface area contributed by atoms with Gasteiger partial charge in [0.25, 0.3) is 17.5 Å². The Morgan fingerprint density at radius 1 is 1.00 bits per heavy atom. The number of hydrogen-bond donors (Lipinski definition) is 1. The van der Waals surface area contributed by atoms with Gasteiger partial charge in [0, 0.05) is 55.4 Å². The zero-order valence-electron chi connectivity index (χ0n) is 15.6. The van der Waals surface area contributed by atoms with Crippen molar-refractivity contribution in [2.24, 2.45) is 0 Å². The summed E-state index contributed by atoms with van der Waals surface area (Å²) in [6, 6.07) is 7.91. The number of H-pyrrole nitrogens is 1. The number of nitro benzene ring substituents is 1. The number of non-ortho nitro benzene ring substituents is 1. The molecule has 154 valence electrons. The highest BCUT2D eigenvalue weighted by Crippen LogP contribution is 2.25. The van der Waals surface area contributed by atoms with E-state index >= 15 is 0 Å². The van der Waals surface area contributed by atoms with Crippen LogP contribution in [-0.4, -0.2) is 57.7 Å². The molecule has 1 saturated heterocycles. The van der Waals surface area contributed by atoms with E-state index in [1.54, 1.807) is 15.9 Å². The van der Waals surface area contributed by atoms with Gasteiger partial charge in [-0.25, -0.2) is 4.39 Å². The van der Waals surface area contributed by atoms with Crippen molar-refractivity contribution in [2.45, 2.75) is 0 Å². The van der Waals surface area contributed by atoms with Crippen LogP contribution in [0.5, 0.6) is 0 Å². The summed E-state index contributed by atoms with van der Waals surface area (Å²) in [6.07, 6.45) is 1.53. The van der Waals surface area contributed by atoms with E-state index in [1.165, 1.54) is 30.5 Å². The number of nitrogens with zero attached hydrogens (tertiary/aromatic N) is 3. The van der Waals surface area contributed by atoms with Crippen LogP contribution >= 0.6 is 11.6 Å². The normalized spacial score (nSPS) is 14.2. The molecule has 2 amide bonds.